The second-order valence-corrected chi connectivity index (χ2v) is 4.24. The molecule has 1 aromatic rings. The summed E-state index contributed by atoms with van der Waals surface area (Å²) < 4.78 is 12.9. The maximum atomic E-state index is 12.9. The van der Waals surface area contributed by atoms with Gasteiger partial charge in [0.2, 0.25) is 0 Å². The molecule has 0 fully saturated rings. The molecular formula is C13H18FN3. The van der Waals surface area contributed by atoms with Crippen molar-refractivity contribution >= 4 is 0 Å². The van der Waals surface area contributed by atoms with E-state index in [1.165, 1.54) is 12.1 Å². The minimum absolute atomic E-state index is 0.00366. The van der Waals surface area contributed by atoms with E-state index in [2.05, 4.69) is 6.07 Å². The van der Waals surface area contributed by atoms with Gasteiger partial charge in [0.25, 0.3) is 0 Å². The monoisotopic (exact) mass is 235 g/mol. The maximum absolute atomic E-state index is 12.9. The molecule has 1 rings (SSSR count). The summed E-state index contributed by atoms with van der Waals surface area (Å²) in [4.78, 5) is 2.03. The van der Waals surface area contributed by atoms with Crippen molar-refractivity contribution in [2.24, 2.45) is 5.73 Å². The first kappa shape index (κ1) is 13.6. The number of hydrogen-bond acceptors (Lipinski definition) is 3. The summed E-state index contributed by atoms with van der Waals surface area (Å²) in [6, 6.07) is 8.39. The quantitative estimate of drug-likeness (QED) is 0.850. The van der Waals surface area contributed by atoms with Crippen LogP contribution in [0.15, 0.2) is 24.3 Å². The lowest BCUT2D eigenvalue weighted by Crippen LogP contribution is -2.37. The summed E-state index contributed by atoms with van der Waals surface area (Å²) >= 11 is 0. The van der Waals surface area contributed by atoms with E-state index in [4.69, 9.17) is 11.0 Å². The Balaban J connectivity index is 2.85. The first-order valence-electron chi connectivity index (χ1n) is 5.64. The van der Waals surface area contributed by atoms with Crippen LogP contribution >= 0.6 is 0 Å². The molecule has 2 unspecified atom stereocenters. The number of nitrogens with zero attached hydrogens (tertiary/aromatic N) is 2. The standard InChI is InChI=1S/C13H18FN3/c1-10(16)13(17(2)9-3-8-15)11-4-6-12(14)7-5-11/h4-7,10,13H,3,9,16H2,1-2H3. The number of benzene rings is 1. The molecule has 0 aromatic heterocycles. The number of rotatable bonds is 5. The predicted octanol–water partition coefficient (Wildman–Crippen LogP) is 2.06. The van der Waals surface area contributed by atoms with E-state index in [1.54, 1.807) is 12.1 Å². The molecule has 1 aromatic carbocycles. The molecule has 0 aliphatic heterocycles. The molecule has 0 saturated heterocycles. The molecule has 92 valence electrons. The van der Waals surface area contributed by atoms with Gasteiger partial charge in [-0.05, 0) is 31.7 Å². The van der Waals surface area contributed by atoms with Crippen molar-refractivity contribution in [3.8, 4) is 6.07 Å². The molecule has 17 heavy (non-hydrogen) atoms. The third kappa shape index (κ3) is 3.81. The fourth-order valence-corrected chi connectivity index (χ4v) is 1.98. The molecule has 0 amide bonds. The normalized spacial score (nSPS) is 14.4. The van der Waals surface area contributed by atoms with E-state index in [1.807, 2.05) is 18.9 Å². The fourth-order valence-electron chi connectivity index (χ4n) is 1.98. The van der Waals surface area contributed by atoms with Gasteiger partial charge in [0.1, 0.15) is 5.82 Å². The minimum atomic E-state index is -0.253. The van der Waals surface area contributed by atoms with Gasteiger partial charge in [-0.25, -0.2) is 4.39 Å². The fraction of sp³-hybridized carbons (Fsp3) is 0.462. The minimum Gasteiger partial charge on any atom is -0.326 e. The van der Waals surface area contributed by atoms with Crippen molar-refractivity contribution in [1.82, 2.24) is 4.90 Å². The van der Waals surface area contributed by atoms with Crippen LogP contribution in [0.3, 0.4) is 0 Å². The molecule has 0 aliphatic carbocycles. The van der Waals surface area contributed by atoms with Crippen LogP contribution in [-0.4, -0.2) is 24.5 Å². The van der Waals surface area contributed by atoms with Crippen LogP contribution in [0.5, 0.6) is 0 Å². The van der Waals surface area contributed by atoms with Gasteiger partial charge >= 0.3 is 0 Å². The summed E-state index contributed by atoms with van der Waals surface area (Å²) in [5, 5.41) is 8.58. The zero-order chi connectivity index (χ0) is 12.8. The second-order valence-electron chi connectivity index (χ2n) is 4.24. The van der Waals surface area contributed by atoms with Gasteiger partial charge in [-0.1, -0.05) is 12.1 Å². The Morgan fingerprint density at radius 3 is 2.47 bits per heavy atom. The van der Waals surface area contributed by atoms with Gasteiger partial charge in [0, 0.05) is 25.0 Å². The molecule has 2 N–H and O–H groups in total. The summed E-state index contributed by atoms with van der Waals surface area (Å²) in [5.74, 6) is -0.253. The largest absolute Gasteiger partial charge is 0.326 e. The van der Waals surface area contributed by atoms with Gasteiger partial charge in [0.15, 0.2) is 0 Å². The van der Waals surface area contributed by atoms with Gasteiger partial charge < -0.3 is 5.73 Å². The highest BCUT2D eigenvalue weighted by Crippen LogP contribution is 2.22. The topological polar surface area (TPSA) is 53.0 Å². The molecule has 0 spiro atoms. The van der Waals surface area contributed by atoms with Crippen LogP contribution in [0.1, 0.15) is 24.9 Å². The van der Waals surface area contributed by atoms with Gasteiger partial charge in [-0.2, -0.15) is 5.26 Å². The molecule has 0 saturated carbocycles. The van der Waals surface area contributed by atoms with Crippen LogP contribution in [0.2, 0.25) is 0 Å². The van der Waals surface area contributed by atoms with Gasteiger partial charge in [0.05, 0.1) is 6.07 Å². The summed E-state index contributed by atoms with van der Waals surface area (Å²) in [5.41, 5.74) is 6.93. The Bertz CT molecular complexity index is 381. The third-order valence-electron chi connectivity index (χ3n) is 2.76. The van der Waals surface area contributed by atoms with Crippen molar-refractivity contribution in [2.45, 2.75) is 25.4 Å². The zero-order valence-electron chi connectivity index (χ0n) is 10.2. The van der Waals surface area contributed by atoms with Gasteiger partial charge in [-0.3, -0.25) is 4.90 Å². The van der Waals surface area contributed by atoms with E-state index in [0.717, 1.165) is 5.56 Å². The van der Waals surface area contributed by atoms with Crippen molar-refractivity contribution < 1.29 is 4.39 Å². The molecule has 3 nitrogen and oxygen atoms in total. The Morgan fingerprint density at radius 2 is 2.00 bits per heavy atom. The van der Waals surface area contributed by atoms with E-state index < -0.39 is 0 Å². The second kappa shape index (κ2) is 6.33. The third-order valence-corrected chi connectivity index (χ3v) is 2.76. The summed E-state index contributed by atoms with van der Waals surface area (Å²) in [6.45, 7) is 2.57. The van der Waals surface area contributed by atoms with E-state index >= 15 is 0 Å². The lowest BCUT2D eigenvalue weighted by Gasteiger charge is -2.30. The average molecular weight is 235 g/mol. The number of likely N-dealkylation sites (N-methyl/N-ethyl adjacent to an activating group) is 1. The predicted molar refractivity (Wildman–Crippen MR) is 65.7 cm³/mol. The number of hydrogen-bond donors (Lipinski definition) is 1. The van der Waals surface area contributed by atoms with Crippen LogP contribution < -0.4 is 5.73 Å². The number of halogens is 1. The molecular weight excluding hydrogens is 217 g/mol. The molecule has 2 atom stereocenters. The van der Waals surface area contributed by atoms with E-state index in [-0.39, 0.29) is 17.9 Å². The maximum Gasteiger partial charge on any atom is 0.123 e. The highest BCUT2D eigenvalue weighted by atomic mass is 19.1. The lowest BCUT2D eigenvalue weighted by molar-refractivity contribution is 0.223. The summed E-state index contributed by atoms with van der Waals surface area (Å²) in [6.07, 6.45) is 0.459. The van der Waals surface area contributed by atoms with Crippen molar-refractivity contribution in [3.63, 3.8) is 0 Å². The Kier molecular flexibility index (Phi) is 5.08. The number of nitriles is 1. The van der Waals surface area contributed by atoms with E-state index in [0.29, 0.717) is 13.0 Å². The molecule has 0 aliphatic rings. The Labute approximate surface area is 102 Å². The molecule has 0 bridgehead atoms. The highest BCUT2D eigenvalue weighted by Gasteiger charge is 2.20. The Morgan fingerprint density at radius 1 is 1.41 bits per heavy atom. The number of nitrogens with two attached hydrogens (primary N) is 1. The van der Waals surface area contributed by atoms with Crippen molar-refractivity contribution in [2.75, 3.05) is 13.6 Å². The lowest BCUT2D eigenvalue weighted by atomic mass is 9.99. The first-order valence-corrected chi connectivity index (χ1v) is 5.64. The smallest absolute Gasteiger partial charge is 0.123 e. The molecule has 0 heterocycles. The van der Waals surface area contributed by atoms with Crippen molar-refractivity contribution in [3.05, 3.63) is 35.6 Å². The van der Waals surface area contributed by atoms with Crippen molar-refractivity contribution in [1.29, 1.82) is 5.26 Å². The molecule has 4 heteroatoms. The van der Waals surface area contributed by atoms with Crippen LogP contribution in [0, 0.1) is 17.1 Å². The van der Waals surface area contributed by atoms with Crippen LogP contribution in [-0.2, 0) is 0 Å². The highest BCUT2D eigenvalue weighted by molar-refractivity contribution is 5.21. The van der Waals surface area contributed by atoms with Crippen LogP contribution in [0.25, 0.3) is 0 Å². The average Bonchev–Trinajstić information content (AvgIpc) is 2.29. The van der Waals surface area contributed by atoms with E-state index in [9.17, 15) is 4.39 Å². The first-order chi connectivity index (χ1) is 8.06. The zero-order valence-corrected chi connectivity index (χ0v) is 10.2. The summed E-state index contributed by atoms with van der Waals surface area (Å²) in [7, 11) is 1.93. The molecule has 0 radical (unpaired) electrons. The SMILES string of the molecule is CC(N)C(c1ccc(F)cc1)N(C)CCC#N. The van der Waals surface area contributed by atoms with Crippen LogP contribution in [0.4, 0.5) is 4.39 Å². The van der Waals surface area contributed by atoms with Gasteiger partial charge in [-0.15, -0.1) is 0 Å². The Hall–Kier alpha value is -1.44.